The van der Waals surface area contributed by atoms with Crippen molar-refractivity contribution in [3.8, 4) is 0 Å². The number of nitrogens with one attached hydrogen (secondary N) is 4. The molecule has 1 heterocycles. The van der Waals surface area contributed by atoms with Gasteiger partial charge >= 0.3 is 0 Å². The Hall–Kier alpha value is -4.41. The van der Waals surface area contributed by atoms with E-state index in [1.807, 2.05) is 84.9 Å². The van der Waals surface area contributed by atoms with E-state index < -0.39 is 41.9 Å². The first-order valence-corrected chi connectivity index (χ1v) is 15.2. The number of carbonyl (C=O) groups is 4. The number of thioether (sulfide) groups is 1. The van der Waals surface area contributed by atoms with E-state index in [1.165, 1.54) is 6.92 Å². The number of fused-ring (bicyclic) bond motifs is 1. The lowest BCUT2D eigenvalue weighted by Crippen LogP contribution is -2.57. The second kappa shape index (κ2) is 15.2. The topological polar surface area (TPSA) is 146 Å². The smallest absolute Gasteiger partial charge is 0.243 e. The zero-order valence-corrected chi connectivity index (χ0v) is 25.0. The van der Waals surface area contributed by atoms with Crippen molar-refractivity contribution in [1.82, 2.24) is 20.9 Å². The molecule has 4 aromatic rings. The van der Waals surface area contributed by atoms with E-state index in [1.54, 1.807) is 13.1 Å². The number of H-pyrrole nitrogens is 1. The summed E-state index contributed by atoms with van der Waals surface area (Å²) in [6.07, 6.45) is 2.17. The average Bonchev–Trinajstić information content (AvgIpc) is 3.42. The van der Waals surface area contributed by atoms with Crippen LogP contribution in [0.5, 0.6) is 0 Å². The molecule has 9 nitrogen and oxygen atoms in total. The maximum atomic E-state index is 13.7. The zero-order chi connectivity index (χ0) is 30.8. The van der Waals surface area contributed by atoms with E-state index in [9.17, 15) is 19.2 Å². The monoisotopic (exact) mass is 599 g/mol. The molecule has 0 aliphatic heterocycles. The Morgan fingerprint density at radius 3 is 1.95 bits per heavy atom. The third-order valence-electron chi connectivity index (χ3n) is 7.00. The summed E-state index contributed by atoms with van der Waals surface area (Å²) in [5.41, 5.74) is 9.36. The number of para-hydroxylation sites is 1. The van der Waals surface area contributed by atoms with Gasteiger partial charge in [0.2, 0.25) is 22.8 Å². The van der Waals surface area contributed by atoms with Crippen molar-refractivity contribution in [2.24, 2.45) is 5.73 Å². The van der Waals surface area contributed by atoms with Crippen LogP contribution in [0.1, 0.15) is 30.5 Å². The summed E-state index contributed by atoms with van der Waals surface area (Å²) in [6, 6.07) is 22.9. The molecule has 0 spiro atoms. The van der Waals surface area contributed by atoms with Gasteiger partial charge in [-0.25, -0.2) is 0 Å². The first-order valence-electron chi connectivity index (χ1n) is 14.2. The number of aromatic amines is 1. The largest absolute Gasteiger partial charge is 0.361 e. The number of amides is 3. The van der Waals surface area contributed by atoms with Crippen molar-refractivity contribution in [2.45, 2.75) is 56.6 Å². The fraction of sp³-hybridized carbons (Fsp3) is 0.273. The van der Waals surface area contributed by atoms with Gasteiger partial charge in [0.1, 0.15) is 12.1 Å². The van der Waals surface area contributed by atoms with Crippen LogP contribution in [0.25, 0.3) is 10.9 Å². The van der Waals surface area contributed by atoms with Crippen LogP contribution in [0.4, 0.5) is 0 Å². The van der Waals surface area contributed by atoms with Crippen LogP contribution in [0, 0.1) is 0 Å². The van der Waals surface area contributed by atoms with Crippen LogP contribution in [-0.2, 0) is 37.8 Å². The summed E-state index contributed by atoms with van der Waals surface area (Å²) in [5, 5.41) is 9.08. The molecule has 0 aliphatic carbocycles. The van der Waals surface area contributed by atoms with Gasteiger partial charge in [-0.2, -0.15) is 0 Å². The second-order valence-corrected chi connectivity index (χ2v) is 11.5. The Bertz CT molecular complexity index is 1540. The predicted octanol–water partition coefficient (Wildman–Crippen LogP) is 3.23. The molecule has 0 radical (unpaired) electrons. The average molecular weight is 600 g/mol. The highest BCUT2D eigenvalue weighted by Gasteiger charge is 2.30. The summed E-state index contributed by atoms with van der Waals surface area (Å²) in [6.45, 7) is 3.16. The second-order valence-electron chi connectivity index (χ2n) is 10.5. The zero-order valence-electron chi connectivity index (χ0n) is 24.2. The van der Waals surface area contributed by atoms with Gasteiger partial charge in [-0.05, 0) is 36.6 Å². The predicted molar refractivity (Wildman–Crippen MR) is 170 cm³/mol. The van der Waals surface area contributed by atoms with Crippen molar-refractivity contribution in [3.63, 3.8) is 0 Å². The van der Waals surface area contributed by atoms with Crippen LogP contribution in [0.2, 0.25) is 0 Å². The summed E-state index contributed by atoms with van der Waals surface area (Å²) >= 11 is 1.12. The van der Waals surface area contributed by atoms with E-state index >= 15 is 0 Å². The van der Waals surface area contributed by atoms with Gasteiger partial charge in [0, 0.05) is 35.7 Å². The third kappa shape index (κ3) is 9.04. The highest BCUT2D eigenvalue weighted by molar-refractivity contribution is 8.13. The Morgan fingerprint density at radius 2 is 1.28 bits per heavy atom. The van der Waals surface area contributed by atoms with Gasteiger partial charge < -0.3 is 26.7 Å². The summed E-state index contributed by atoms with van der Waals surface area (Å²) in [7, 11) is 0. The van der Waals surface area contributed by atoms with Crippen molar-refractivity contribution >= 4 is 45.5 Å². The summed E-state index contributed by atoms with van der Waals surface area (Å²) < 4.78 is 0. The normalized spacial score (nSPS) is 13.8. The fourth-order valence-corrected chi connectivity index (χ4v) is 5.40. The Morgan fingerprint density at radius 1 is 0.721 bits per heavy atom. The number of hydrogen-bond acceptors (Lipinski definition) is 6. The Balaban J connectivity index is 1.50. The van der Waals surface area contributed by atoms with Crippen LogP contribution in [-0.4, -0.2) is 52.0 Å². The van der Waals surface area contributed by atoms with Gasteiger partial charge in [0.05, 0.1) is 12.1 Å². The molecule has 43 heavy (non-hydrogen) atoms. The standard InChI is InChI=1S/C33H37N5O4S/c1-21(34)30(39)37-29(18-25-19-35-27-16-10-9-15-26(25)27)32(41)38-28(17-23-11-5-3-6-12-23)31(40)36-22(2)33(42)43-20-24-13-7-4-8-14-24/h3-16,19,21-22,28-29,35H,17-18,20,34H2,1-2H3,(H,36,40)(H,37,39)(H,38,41)/t21-,22-,28-,29-/m0/s1. The van der Waals surface area contributed by atoms with E-state index in [0.29, 0.717) is 5.75 Å². The number of aromatic nitrogens is 1. The molecule has 0 saturated heterocycles. The molecule has 0 bridgehead atoms. The molecule has 6 N–H and O–H groups in total. The molecular formula is C33H37N5O4S. The van der Waals surface area contributed by atoms with Crippen LogP contribution in [0.3, 0.4) is 0 Å². The van der Waals surface area contributed by atoms with E-state index in [4.69, 9.17) is 5.73 Å². The highest BCUT2D eigenvalue weighted by atomic mass is 32.2. The maximum absolute atomic E-state index is 13.7. The number of hydrogen-bond donors (Lipinski definition) is 5. The maximum Gasteiger partial charge on any atom is 0.243 e. The fourth-order valence-electron chi connectivity index (χ4n) is 4.59. The molecule has 4 atom stereocenters. The minimum Gasteiger partial charge on any atom is -0.361 e. The Labute approximate surface area is 255 Å². The molecule has 224 valence electrons. The van der Waals surface area contributed by atoms with Crippen LogP contribution in [0.15, 0.2) is 91.1 Å². The first kappa shape index (κ1) is 31.5. The van der Waals surface area contributed by atoms with E-state index in [0.717, 1.165) is 39.4 Å². The van der Waals surface area contributed by atoms with E-state index in [2.05, 4.69) is 20.9 Å². The van der Waals surface area contributed by atoms with Crippen molar-refractivity contribution in [1.29, 1.82) is 0 Å². The lowest BCUT2D eigenvalue weighted by molar-refractivity contribution is -0.132. The summed E-state index contributed by atoms with van der Waals surface area (Å²) in [5.74, 6) is -1.03. The molecule has 3 aromatic carbocycles. The van der Waals surface area contributed by atoms with Gasteiger partial charge in [-0.3, -0.25) is 19.2 Å². The van der Waals surface area contributed by atoms with Gasteiger partial charge in [-0.1, -0.05) is 90.6 Å². The number of nitrogens with two attached hydrogens (primary N) is 1. The molecule has 10 heteroatoms. The highest BCUT2D eigenvalue weighted by Crippen LogP contribution is 2.20. The van der Waals surface area contributed by atoms with Gasteiger partial charge in [0.15, 0.2) is 0 Å². The Kier molecular flexibility index (Phi) is 11.1. The van der Waals surface area contributed by atoms with Crippen LogP contribution < -0.4 is 21.7 Å². The third-order valence-corrected chi connectivity index (χ3v) is 8.11. The molecule has 0 saturated carbocycles. The quantitative estimate of drug-likeness (QED) is 0.160. The number of benzene rings is 3. The minimum atomic E-state index is -0.998. The molecule has 1 aromatic heterocycles. The van der Waals surface area contributed by atoms with Gasteiger partial charge in [-0.15, -0.1) is 0 Å². The summed E-state index contributed by atoms with van der Waals surface area (Å²) in [4.78, 5) is 55.9. The lowest BCUT2D eigenvalue weighted by Gasteiger charge is -2.25. The van der Waals surface area contributed by atoms with Crippen molar-refractivity contribution < 1.29 is 19.2 Å². The molecular weight excluding hydrogens is 562 g/mol. The van der Waals surface area contributed by atoms with Crippen molar-refractivity contribution in [2.75, 3.05) is 0 Å². The van der Waals surface area contributed by atoms with Crippen molar-refractivity contribution in [3.05, 3.63) is 108 Å². The lowest BCUT2D eigenvalue weighted by atomic mass is 10.0. The number of carbonyl (C=O) groups excluding carboxylic acids is 4. The molecule has 0 aliphatic rings. The number of rotatable bonds is 13. The van der Waals surface area contributed by atoms with Crippen LogP contribution >= 0.6 is 11.8 Å². The first-order chi connectivity index (χ1) is 20.7. The van der Waals surface area contributed by atoms with E-state index in [-0.39, 0.29) is 18.0 Å². The molecule has 4 rings (SSSR count). The SMILES string of the molecule is C[C@H](N)C(=O)N[C@@H](Cc1c[nH]c2ccccc12)C(=O)N[C@@H](Cc1ccccc1)C(=O)N[C@@H](C)C(=O)SCc1ccccc1. The minimum absolute atomic E-state index is 0.180. The molecule has 3 amide bonds. The molecule has 0 fully saturated rings. The van der Waals surface area contributed by atoms with Gasteiger partial charge in [0.25, 0.3) is 0 Å². The molecule has 0 unspecified atom stereocenters.